The maximum absolute atomic E-state index is 10.7. The number of ether oxygens (including phenoxy) is 6. The van der Waals surface area contributed by atoms with Gasteiger partial charge in [-0.3, -0.25) is 39.1 Å². The van der Waals surface area contributed by atoms with Gasteiger partial charge in [0.25, 0.3) is 11.9 Å². The first-order valence-electron chi connectivity index (χ1n) is 23.3. The zero-order chi connectivity index (χ0) is 57.1. The van der Waals surface area contributed by atoms with Crippen LogP contribution in [0.15, 0.2) is 153 Å². The van der Waals surface area contributed by atoms with Crippen molar-refractivity contribution in [2.24, 2.45) is 20.0 Å². The second-order valence-electron chi connectivity index (χ2n) is 15.7. The van der Waals surface area contributed by atoms with Crippen molar-refractivity contribution in [3.05, 3.63) is 167 Å². The zero-order valence-corrected chi connectivity index (χ0v) is 45.3. The smallest absolute Gasteiger partial charge is 0.300 e. The molecule has 0 spiro atoms. The van der Waals surface area contributed by atoms with Crippen molar-refractivity contribution in [2.75, 3.05) is 33.5 Å². The van der Waals surface area contributed by atoms with Gasteiger partial charge < -0.3 is 69.3 Å². The molecular weight excluding hydrogens is 1140 g/mol. The van der Waals surface area contributed by atoms with Crippen LogP contribution in [0.1, 0.15) is 56.8 Å². The van der Waals surface area contributed by atoms with Crippen LogP contribution in [0.3, 0.4) is 0 Å². The van der Waals surface area contributed by atoms with Gasteiger partial charge in [0.15, 0.2) is 81.6 Å². The normalized spacial score (nSPS) is 11.5. The zero-order valence-electron chi connectivity index (χ0n) is 42.9. The van der Waals surface area contributed by atoms with E-state index >= 15 is 0 Å². The van der Waals surface area contributed by atoms with E-state index in [-0.39, 0.29) is 135 Å². The van der Waals surface area contributed by atoms with Crippen LogP contribution in [0, 0.1) is 0 Å². The van der Waals surface area contributed by atoms with Gasteiger partial charge in [0, 0.05) is 95.1 Å². The summed E-state index contributed by atoms with van der Waals surface area (Å²) in [5.74, 6) is -1.10. The van der Waals surface area contributed by atoms with E-state index in [4.69, 9.17) is 48.2 Å². The predicted molar refractivity (Wildman–Crippen MR) is 290 cm³/mol. The largest absolute Gasteiger partial charge is 0.504 e. The van der Waals surface area contributed by atoms with Crippen molar-refractivity contribution in [3.8, 4) is 69.0 Å². The van der Waals surface area contributed by atoms with Gasteiger partial charge in [-0.1, -0.05) is 48.5 Å². The van der Waals surface area contributed by atoms with Crippen LogP contribution in [0.25, 0.3) is 0 Å². The molecule has 0 saturated heterocycles. The van der Waals surface area contributed by atoms with Crippen molar-refractivity contribution >= 4 is 60.7 Å². The van der Waals surface area contributed by atoms with Crippen LogP contribution in [0.5, 0.6) is 69.0 Å². The molecule has 0 aromatic heterocycles. The molecule has 2 radical (unpaired) electrons. The minimum absolute atomic E-state index is 0. The number of carboxylic acid groups (broad SMARTS) is 2. The molecule has 0 unspecified atom stereocenters. The Bertz CT molecular complexity index is 3130. The number of phenolic OH excluding ortho intramolecular Hbond substituents is 6. The molecule has 2 aliphatic heterocycles. The van der Waals surface area contributed by atoms with Crippen LogP contribution >= 0.6 is 0 Å². The minimum atomic E-state index is -0.833. The van der Waals surface area contributed by atoms with Gasteiger partial charge >= 0.3 is 0 Å². The summed E-state index contributed by atoms with van der Waals surface area (Å²) in [5.41, 5.74) is 3.57. The number of benzene rings is 7. The molecule has 0 saturated carbocycles. The van der Waals surface area contributed by atoms with Gasteiger partial charge in [-0.25, -0.2) is 0 Å². The van der Waals surface area contributed by atoms with Crippen molar-refractivity contribution < 1.29 is 123 Å². The summed E-state index contributed by atoms with van der Waals surface area (Å²) in [5, 5.41) is 75.4. The average molecular weight is 1190 g/mol. The summed E-state index contributed by atoms with van der Waals surface area (Å²) in [7, 11) is 0. The molecule has 0 amide bonds. The van der Waals surface area contributed by atoms with Crippen LogP contribution in [-0.2, 0) is 43.7 Å². The number of carboxylic acids is 2. The SMILES string of the molecule is CC(=O)O.CC(=O)O.O=Cc1cccc(OCOc2cccc(C=O)c2O)c1O.Oc1c2cccc1OCOc1cccc(c1O)C=NCCN=C2.Oc1c2cccc1OCOc1cccc(c1O)C=Nc1ccccc1N=C2.[Mn].[Mn]. The average Bonchev–Trinajstić information content (AvgIpc) is 3.44. The fourth-order valence-corrected chi connectivity index (χ4v) is 6.41. The van der Waals surface area contributed by atoms with Gasteiger partial charge in [0.2, 0.25) is 20.4 Å². The number of hydrogen-bond acceptors (Lipinski definition) is 20. The Kier molecular flexibility index (Phi) is 27.6. The number of carbonyl (C=O) groups excluding carboxylic acids is 2. The van der Waals surface area contributed by atoms with E-state index in [0.29, 0.717) is 59.3 Å². The van der Waals surface area contributed by atoms with E-state index in [1.165, 1.54) is 24.3 Å². The number of aliphatic imine (C=N–C) groups is 4. The number of aromatic hydroxyl groups is 6. The molecular formula is C57H52Mn2N4O18. The third-order valence-corrected chi connectivity index (χ3v) is 10.1. The molecule has 8 N–H and O–H groups in total. The molecule has 0 aliphatic carbocycles. The first-order chi connectivity index (χ1) is 38.1. The van der Waals surface area contributed by atoms with Crippen molar-refractivity contribution in [1.82, 2.24) is 0 Å². The molecule has 2 heterocycles. The first kappa shape index (κ1) is 65.4. The molecule has 81 heavy (non-hydrogen) atoms. The predicted octanol–water partition coefficient (Wildman–Crippen LogP) is 9.01. The van der Waals surface area contributed by atoms with E-state index in [2.05, 4.69) is 20.0 Å². The van der Waals surface area contributed by atoms with E-state index in [1.807, 2.05) is 24.3 Å². The van der Waals surface area contributed by atoms with Crippen LogP contribution in [-0.4, -0.2) is 124 Å². The summed E-state index contributed by atoms with van der Waals surface area (Å²) in [6.07, 6.45) is 7.26. The van der Waals surface area contributed by atoms with Gasteiger partial charge in [-0.15, -0.1) is 0 Å². The Labute approximate surface area is 484 Å². The minimum Gasteiger partial charge on any atom is -0.504 e. The number of aliphatic carboxylic acids is 2. The van der Waals surface area contributed by atoms with E-state index in [9.17, 15) is 40.2 Å². The fourth-order valence-electron chi connectivity index (χ4n) is 6.41. The first-order valence-corrected chi connectivity index (χ1v) is 23.3. The summed E-state index contributed by atoms with van der Waals surface area (Å²) in [6, 6.07) is 36.7. The summed E-state index contributed by atoms with van der Waals surface area (Å²) >= 11 is 0. The molecule has 7 aromatic rings. The molecule has 8 bridgehead atoms. The number of fused-ring (bicyclic) bond motifs is 9. The Hall–Kier alpha value is -9.86. The molecule has 0 fully saturated rings. The molecule has 422 valence electrons. The number of rotatable bonds is 6. The molecule has 2 aliphatic rings. The summed E-state index contributed by atoms with van der Waals surface area (Å²) in [6.45, 7) is 2.46. The van der Waals surface area contributed by atoms with Crippen molar-refractivity contribution in [1.29, 1.82) is 0 Å². The number of aldehydes is 2. The standard InChI is InChI=1S/C21H16N2O4.C17H16N2O4.C15H12O6.2C2H4O2.2Mn/c24-20-14-5-3-9-18(20)26-13-27-19-10-4-6-15(21(19)25)12-23-17-8-2-1-7-16(17)22-11-14;20-16-12-3-1-5-14(16)22-11-23-15-6-2-4-13(17(15)21)10-19-8-7-18-9-12;16-7-10-3-1-5-12(14(10)18)20-9-21-13-6-2-4-11(8-17)15(13)19;2*1-2(3)4;;/h1-12,24-25H,13H2;1-6,9-10,20-21H,7-8,11H2;1-8,18-19H,9H2;2*1H3,(H,3,4);;. The number of para-hydroxylation sites is 8. The number of nitrogens with zero attached hydrogens (tertiary/aromatic N) is 4. The number of phenols is 6. The van der Waals surface area contributed by atoms with E-state index in [0.717, 1.165) is 13.8 Å². The molecule has 0 atom stereocenters. The van der Waals surface area contributed by atoms with Crippen LogP contribution in [0.4, 0.5) is 11.4 Å². The third kappa shape index (κ3) is 20.5. The Morgan fingerprint density at radius 3 is 1.05 bits per heavy atom. The van der Waals surface area contributed by atoms with Crippen molar-refractivity contribution in [2.45, 2.75) is 13.8 Å². The van der Waals surface area contributed by atoms with Crippen molar-refractivity contribution in [3.63, 3.8) is 0 Å². The van der Waals surface area contributed by atoms with Gasteiger partial charge in [-0.2, -0.15) is 0 Å². The van der Waals surface area contributed by atoms with Gasteiger partial charge in [-0.05, 0) is 84.9 Å². The van der Waals surface area contributed by atoms with Crippen LogP contribution in [0.2, 0.25) is 0 Å². The number of carbonyl (C=O) groups is 4. The molecule has 9 rings (SSSR count). The maximum atomic E-state index is 10.7. The van der Waals surface area contributed by atoms with E-state index in [1.54, 1.807) is 110 Å². The monoisotopic (exact) mass is 1190 g/mol. The Morgan fingerprint density at radius 1 is 0.444 bits per heavy atom. The fraction of sp³-hybridized carbons (Fsp3) is 0.123. The van der Waals surface area contributed by atoms with Gasteiger partial charge in [0.05, 0.1) is 35.6 Å². The topological polar surface area (TPSA) is 335 Å². The summed E-state index contributed by atoms with van der Waals surface area (Å²) in [4.78, 5) is 56.7. The molecule has 7 aromatic carbocycles. The molecule has 24 heteroatoms. The second kappa shape index (κ2) is 34.1. The Balaban J connectivity index is 0.000000297. The third-order valence-electron chi connectivity index (χ3n) is 10.1. The van der Waals surface area contributed by atoms with E-state index < -0.39 is 11.9 Å². The molecule has 22 nitrogen and oxygen atoms in total. The number of hydrogen-bond donors (Lipinski definition) is 8. The summed E-state index contributed by atoms with van der Waals surface area (Å²) < 4.78 is 32.2. The second-order valence-corrected chi connectivity index (χ2v) is 15.7. The maximum Gasteiger partial charge on any atom is 0.300 e. The van der Waals surface area contributed by atoms with Gasteiger partial charge in [0.1, 0.15) is 0 Å². The Morgan fingerprint density at radius 2 is 0.741 bits per heavy atom. The van der Waals surface area contributed by atoms with Crippen LogP contribution < -0.4 is 28.4 Å². The quantitative estimate of drug-likeness (QED) is 0.0437.